The van der Waals surface area contributed by atoms with Crippen molar-refractivity contribution in [2.45, 2.75) is 26.7 Å². The van der Waals surface area contributed by atoms with Gasteiger partial charge in [0.1, 0.15) is 10.8 Å². The molecule has 23 heavy (non-hydrogen) atoms. The molecule has 1 aromatic carbocycles. The van der Waals surface area contributed by atoms with Crippen LogP contribution in [0.2, 0.25) is 0 Å². The van der Waals surface area contributed by atoms with E-state index in [4.69, 9.17) is 4.74 Å². The Balaban J connectivity index is 2.07. The molecule has 0 spiro atoms. The molecule has 1 heterocycles. The second-order valence-corrected chi connectivity index (χ2v) is 5.95. The summed E-state index contributed by atoms with van der Waals surface area (Å²) in [5, 5.41) is 14.2. The number of nitrogens with one attached hydrogen (secondary N) is 1. The number of ether oxygens (including phenoxy) is 1. The number of benzene rings is 1. The number of anilines is 1. The van der Waals surface area contributed by atoms with Crippen molar-refractivity contribution in [3.05, 3.63) is 39.8 Å². The van der Waals surface area contributed by atoms with Gasteiger partial charge in [0.05, 0.1) is 29.1 Å². The average Bonchev–Trinajstić information content (AvgIpc) is 2.91. The van der Waals surface area contributed by atoms with Crippen LogP contribution in [0.25, 0.3) is 0 Å². The summed E-state index contributed by atoms with van der Waals surface area (Å²) in [4.78, 5) is 27.4. The molecule has 0 radical (unpaired) electrons. The lowest BCUT2D eigenvalue weighted by molar-refractivity contribution is -0.254. The number of carbonyl (C=O) groups is 2. The molecular weight excluding hydrogens is 316 g/mol. The number of carbonyl (C=O) groups excluding carboxylic acids is 2. The molecule has 0 aliphatic rings. The number of aromatic carboxylic acids is 1. The first kappa shape index (κ1) is 17.0. The van der Waals surface area contributed by atoms with E-state index in [0.29, 0.717) is 23.0 Å². The maximum absolute atomic E-state index is 12.3. The van der Waals surface area contributed by atoms with Gasteiger partial charge in [0.15, 0.2) is 0 Å². The fourth-order valence-corrected chi connectivity index (χ4v) is 2.91. The van der Waals surface area contributed by atoms with Gasteiger partial charge in [0, 0.05) is 5.69 Å². The van der Waals surface area contributed by atoms with E-state index < -0.39 is 11.9 Å². The van der Waals surface area contributed by atoms with Crippen LogP contribution in [-0.2, 0) is 4.79 Å². The second kappa shape index (κ2) is 7.23. The van der Waals surface area contributed by atoms with E-state index in [1.807, 2.05) is 6.92 Å². The molecule has 122 valence electrons. The molecule has 1 amide bonds. The van der Waals surface area contributed by atoms with Gasteiger partial charge in [-0.25, -0.2) is 4.98 Å². The molecule has 1 N–H and O–H groups in total. The van der Waals surface area contributed by atoms with E-state index in [1.54, 1.807) is 38.1 Å². The van der Waals surface area contributed by atoms with Crippen molar-refractivity contribution in [3.8, 4) is 5.75 Å². The van der Waals surface area contributed by atoms with E-state index in [-0.39, 0.29) is 10.8 Å². The third-order valence-corrected chi connectivity index (χ3v) is 4.52. The number of carboxylic acid groups (broad SMARTS) is 1. The minimum Gasteiger partial charge on any atom is -0.544 e. The number of nitrogens with zero attached hydrogens (tertiary/aromatic N) is 1. The SMILES string of the molecule is CCOc1ccc(NC(=O)[C@@H](C)c2nc(C)c(C(=O)[O-])s2)cc1. The van der Waals surface area contributed by atoms with Gasteiger partial charge in [-0.2, -0.15) is 0 Å². The molecular formula is C16H17N2O4S-. The summed E-state index contributed by atoms with van der Waals surface area (Å²) < 4.78 is 5.34. The number of aromatic nitrogens is 1. The highest BCUT2D eigenvalue weighted by Crippen LogP contribution is 2.26. The maximum Gasteiger partial charge on any atom is 0.234 e. The van der Waals surface area contributed by atoms with Crippen LogP contribution >= 0.6 is 11.3 Å². The molecule has 0 fully saturated rings. The van der Waals surface area contributed by atoms with E-state index in [1.165, 1.54) is 0 Å². The number of rotatable bonds is 6. The van der Waals surface area contributed by atoms with Crippen LogP contribution in [-0.4, -0.2) is 23.5 Å². The van der Waals surface area contributed by atoms with Crippen LogP contribution in [0.15, 0.2) is 24.3 Å². The molecule has 0 bridgehead atoms. The summed E-state index contributed by atoms with van der Waals surface area (Å²) >= 11 is 0.970. The maximum atomic E-state index is 12.3. The van der Waals surface area contributed by atoms with E-state index in [0.717, 1.165) is 17.1 Å². The van der Waals surface area contributed by atoms with Crippen molar-refractivity contribution in [2.75, 3.05) is 11.9 Å². The summed E-state index contributed by atoms with van der Waals surface area (Å²) in [6.07, 6.45) is 0. The third kappa shape index (κ3) is 4.07. The zero-order chi connectivity index (χ0) is 17.0. The van der Waals surface area contributed by atoms with Gasteiger partial charge in [-0.3, -0.25) is 4.79 Å². The van der Waals surface area contributed by atoms with Crippen molar-refractivity contribution in [1.29, 1.82) is 0 Å². The van der Waals surface area contributed by atoms with Crippen LogP contribution in [0.3, 0.4) is 0 Å². The first-order valence-corrected chi connectivity index (χ1v) is 7.96. The van der Waals surface area contributed by atoms with Crippen molar-refractivity contribution >= 4 is 28.9 Å². The highest BCUT2D eigenvalue weighted by atomic mass is 32.1. The van der Waals surface area contributed by atoms with Crippen LogP contribution in [0.5, 0.6) is 5.75 Å². The van der Waals surface area contributed by atoms with Crippen LogP contribution in [0.4, 0.5) is 5.69 Å². The highest BCUT2D eigenvalue weighted by molar-refractivity contribution is 7.13. The predicted octanol–water partition coefficient (Wildman–Crippen LogP) is 1.96. The number of thiazole rings is 1. The second-order valence-electron chi connectivity index (χ2n) is 4.92. The number of amides is 1. The summed E-state index contributed by atoms with van der Waals surface area (Å²) in [5.41, 5.74) is 1.00. The first-order chi connectivity index (χ1) is 10.9. The molecule has 0 saturated heterocycles. The largest absolute Gasteiger partial charge is 0.544 e. The molecule has 0 aliphatic heterocycles. The predicted molar refractivity (Wildman–Crippen MR) is 85.8 cm³/mol. The van der Waals surface area contributed by atoms with Gasteiger partial charge >= 0.3 is 0 Å². The first-order valence-electron chi connectivity index (χ1n) is 7.14. The fraction of sp³-hybridized carbons (Fsp3) is 0.312. The van der Waals surface area contributed by atoms with E-state index >= 15 is 0 Å². The summed E-state index contributed by atoms with van der Waals surface area (Å²) in [6, 6.07) is 7.03. The van der Waals surface area contributed by atoms with Crippen molar-refractivity contribution < 1.29 is 19.4 Å². The summed E-state index contributed by atoms with van der Waals surface area (Å²) in [7, 11) is 0. The smallest absolute Gasteiger partial charge is 0.234 e. The Labute approximate surface area is 138 Å². The van der Waals surface area contributed by atoms with Gasteiger partial charge in [-0.1, -0.05) is 0 Å². The number of hydrogen-bond acceptors (Lipinski definition) is 6. The van der Waals surface area contributed by atoms with Crippen LogP contribution < -0.4 is 15.2 Å². The summed E-state index contributed by atoms with van der Waals surface area (Å²) in [6.45, 7) is 5.74. The Kier molecular flexibility index (Phi) is 5.33. The Morgan fingerprint density at radius 3 is 2.52 bits per heavy atom. The zero-order valence-electron chi connectivity index (χ0n) is 13.1. The highest BCUT2D eigenvalue weighted by Gasteiger charge is 2.21. The lowest BCUT2D eigenvalue weighted by Gasteiger charge is -2.10. The van der Waals surface area contributed by atoms with Gasteiger partial charge in [0.25, 0.3) is 0 Å². The van der Waals surface area contributed by atoms with Gasteiger partial charge in [0.2, 0.25) is 5.91 Å². The lowest BCUT2D eigenvalue weighted by atomic mass is 10.1. The van der Waals surface area contributed by atoms with Crippen molar-refractivity contribution in [3.63, 3.8) is 0 Å². The Morgan fingerprint density at radius 1 is 1.35 bits per heavy atom. The Hall–Kier alpha value is -2.41. The Bertz CT molecular complexity index is 709. The van der Waals surface area contributed by atoms with Crippen molar-refractivity contribution in [1.82, 2.24) is 4.98 Å². The topological polar surface area (TPSA) is 91.3 Å². The van der Waals surface area contributed by atoms with Gasteiger partial charge in [-0.05, 0) is 45.0 Å². The average molecular weight is 333 g/mol. The molecule has 1 aromatic heterocycles. The normalized spacial score (nSPS) is 11.8. The number of hydrogen-bond donors (Lipinski definition) is 1. The molecule has 6 nitrogen and oxygen atoms in total. The molecule has 1 atom stereocenters. The molecule has 0 aliphatic carbocycles. The van der Waals surface area contributed by atoms with Crippen molar-refractivity contribution in [2.24, 2.45) is 0 Å². The van der Waals surface area contributed by atoms with Crippen LogP contribution in [0.1, 0.15) is 40.1 Å². The Morgan fingerprint density at radius 2 is 2.00 bits per heavy atom. The molecule has 0 saturated carbocycles. The number of carboxylic acids is 1. The standard InChI is InChI=1S/C16H18N2O4S/c1-4-22-12-7-5-11(6-8-12)18-14(19)9(2)15-17-10(3)13(23-15)16(20)21/h5-9H,4H2,1-3H3,(H,18,19)(H,20,21)/p-1/t9-/m1/s1. The summed E-state index contributed by atoms with van der Waals surface area (Å²) in [5.74, 6) is -1.36. The van der Waals surface area contributed by atoms with Gasteiger partial charge in [-0.15, -0.1) is 11.3 Å². The molecule has 2 aromatic rings. The molecule has 7 heteroatoms. The third-order valence-electron chi connectivity index (χ3n) is 3.20. The quantitative estimate of drug-likeness (QED) is 0.872. The van der Waals surface area contributed by atoms with Crippen LogP contribution in [0, 0.1) is 6.92 Å². The molecule has 2 rings (SSSR count). The number of aryl methyl sites for hydroxylation is 1. The van der Waals surface area contributed by atoms with E-state index in [9.17, 15) is 14.7 Å². The lowest BCUT2D eigenvalue weighted by Crippen LogP contribution is -2.21. The zero-order valence-corrected chi connectivity index (χ0v) is 13.9. The fourth-order valence-electron chi connectivity index (χ4n) is 1.96. The molecule has 0 unspecified atom stereocenters. The monoisotopic (exact) mass is 333 g/mol. The van der Waals surface area contributed by atoms with E-state index in [2.05, 4.69) is 10.3 Å². The minimum absolute atomic E-state index is 0.0562. The minimum atomic E-state index is -1.27. The van der Waals surface area contributed by atoms with Gasteiger partial charge < -0.3 is 20.0 Å².